The van der Waals surface area contributed by atoms with Crippen molar-refractivity contribution in [1.29, 1.82) is 0 Å². The molecule has 1 saturated carbocycles. The third-order valence-electron chi connectivity index (χ3n) is 5.58. The summed E-state index contributed by atoms with van der Waals surface area (Å²) in [6.07, 6.45) is 2.50. The fourth-order valence-corrected chi connectivity index (χ4v) is 3.89. The second-order valence-electron chi connectivity index (χ2n) is 7.77. The van der Waals surface area contributed by atoms with Crippen molar-refractivity contribution in [3.05, 3.63) is 58.7 Å². The SMILES string of the molecule is O=C1NCCN1Cc1ccc(CNCc2cc3c(c(C4CC4)c2)OCO3)cc1. The fourth-order valence-electron chi connectivity index (χ4n) is 3.89. The quantitative estimate of drug-likeness (QED) is 0.776. The molecular formula is C22H25N3O3. The Morgan fingerprint density at radius 1 is 1.04 bits per heavy atom. The number of urea groups is 1. The zero-order chi connectivity index (χ0) is 18.9. The Bertz CT molecular complexity index is 877. The van der Waals surface area contributed by atoms with Gasteiger partial charge in [0.15, 0.2) is 11.5 Å². The Morgan fingerprint density at radius 3 is 2.57 bits per heavy atom. The van der Waals surface area contributed by atoms with Gasteiger partial charge in [0.25, 0.3) is 0 Å². The number of amides is 2. The van der Waals surface area contributed by atoms with Crippen molar-refractivity contribution in [2.75, 3.05) is 19.9 Å². The highest BCUT2D eigenvalue weighted by atomic mass is 16.7. The van der Waals surface area contributed by atoms with Gasteiger partial charge in [-0.3, -0.25) is 0 Å². The first kappa shape index (κ1) is 17.4. The second-order valence-corrected chi connectivity index (χ2v) is 7.77. The van der Waals surface area contributed by atoms with E-state index in [9.17, 15) is 4.79 Å². The topological polar surface area (TPSA) is 62.8 Å². The van der Waals surface area contributed by atoms with E-state index in [0.29, 0.717) is 19.3 Å². The van der Waals surface area contributed by atoms with Crippen molar-refractivity contribution in [1.82, 2.24) is 15.5 Å². The lowest BCUT2D eigenvalue weighted by Crippen LogP contribution is -2.27. The first-order valence-electron chi connectivity index (χ1n) is 10.00. The van der Waals surface area contributed by atoms with Crippen LogP contribution < -0.4 is 20.1 Å². The highest BCUT2D eigenvalue weighted by Gasteiger charge is 2.31. The van der Waals surface area contributed by atoms with Gasteiger partial charge in [0, 0.05) is 38.3 Å². The highest BCUT2D eigenvalue weighted by Crippen LogP contribution is 2.49. The summed E-state index contributed by atoms with van der Waals surface area (Å²) < 4.78 is 11.3. The number of hydrogen-bond donors (Lipinski definition) is 2. The largest absolute Gasteiger partial charge is 0.454 e. The minimum absolute atomic E-state index is 0.0278. The van der Waals surface area contributed by atoms with Gasteiger partial charge in [-0.05, 0) is 41.5 Å². The van der Waals surface area contributed by atoms with E-state index in [4.69, 9.17) is 9.47 Å². The van der Waals surface area contributed by atoms with Gasteiger partial charge < -0.3 is 25.0 Å². The van der Waals surface area contributed by atoms with Crippen molar-refractivity contribution in [2.24, 2.45) is 0 Å². The van der Waals surface area contributed by atoms with E-state index in [-0.39, 0.29) is 6.03 Å². The van der Waals surface area contributed by atoms with Gasteiger partial charge in [0.05, 0.1) is 0 Å². The van der Waals surface area contributed by atoms with Gasteiger partial charge in [0.2, 0.25) is 6.79 Å². The van der Waals surface area contributed by atoms with E-state index in [1.807, 2.05) is 4.90 Å². The zero-order valence-electron chi connectivity index (χ0n) is 15.9. The number of ether oxygens (including phenoxy) is 2. The number of carbonyl (C=O) groups is 1. The van der Waals surface area contributed by atoms with Gasteiger partial charge in [-0.2, -0.15) is 0 Å². The molecule has 2 amide bonds. The van der Waals surface area contributed by atoms with Crippen LogP contribution in [-0.2, 0) is 19.6 Å². The molecule has 0 unspecified atom stereocenters. The van der Waals surface area contributed by atoms with Crippen molar-refractivity contribution >= 4 is 6.03 Å². The van der Waals surface area contributed by atoms with Crippen LogP contribution in [0.3, 0.4) is 0 Å². The van der Waals surface area contributed by atoms with Crippen LogP contribution in [0.15, 0.2) is 36.4 Å². The summed E-state index contributed by atoms with van der Waals surface area (Å²) in [6.45, 7) is 4.12. The highest BCUT2D eigenvalue weighted by molar-refractivity contribution is 5.76. The maximum Gasteiger partial charge on any atom is 0.317 e. The van der Waals surface area contributed by atoms with E-state index < -0.39 is 0 Å². The summed E-state index contributed by atoms with van der Waals surface area (Å²) >= 11 is 0. The maximum atomic E-state index is 11.7. The number of rotatable bonds is 7. The van der Waals surface area contributed by atoms with Crippen LogP contribution in [0.4, 0.5) is 4.79 Å². The Balaban J connectivity index is 1.17. The summed E-state index contributed by atoms with van der Waals surface area (Å²) in [5, 5.41) is 6.36. The summed E-state index contributed by atoms with van der Waals surface area (Å²) in [6, 6.07) is 12.9. The Kier molecular flexibility index (Phi) is 4.56. The molecule has 2 N–H and O–H groups in total. The molecule has 28 heavy (non-hydrogen) atoms. The monoisotopic (exact) mass is 379 g/mol. The van der Waals surface area contributed by atoms with E-state index in [0.717, 1.165) is 43.2 Å². The first-order valence-corrected chi connectivity index (χ1v) is 10.00. The van der Waals surface area contributed by atoms with Crippen LogP contribution in [0.2, 0.25) is 0 Å². The van der Waals surface area contributed by atoms with Crippen LogP contribution in [0.5, 0.6) is 11.5 Å². The average molecular weight is 379 g/mol. The molecule has 1 saturated heterocycles. The second kappa shape index (κ2) is 7.36. The lowest BCUT2D eigenvalue weighted by molar-refractivity contribution is 0.173. The molecule has 0 atom stereocenters. The molecule has 0 radical (unpaired) electrons. The Morgan fingerprint density at radius 2 is 1.82 bits per heavy atom. The molecule has 0 spiro atoms. The Hall–Kier alpha value is -2.73. The number of fused-ring (bicyclic) bond motifs is 1. The van der Waals surface area contributed by atoms with Gasteiger partial charge in [-0.1, -0.05) is 30.3 Å². The minimum Gasteiger partial charge on any atom is -0.454 e. The first-order chi connectivity index (χ1) is 13.8. The smallest absolute Gasteiger partial charge is 0.317 e. The molecule has 5 rings (SSSR count). The van der Waals surface area contributed by atoms with E-state index >= 15 is 0 Å². The Labute approximate surface area is 164 Å². The number of nitrogens with zero attached hydrogens (tertiary/aromatic N) is 1. The third-order valence-corrected chi connectivity index (χ3v) is 5.58. The molecule has 2 fully saturated rings. The molecule has 6 heteroatoms. The molecular weight excluding hydrogens is 354 g/mol. The molecule has 3 aliphatic rings. The van der Waals surface area contributed by atoms with Gasteiger partial charge in [-0.25, -0.2) is 4.79 Å². The van der Waals surface area contributed by atoms with Crippen molar-refractivity contribution in [3.63, 3.8) is 0 Å². The predicted octanol–water partition coefficient (Wildman–Crippen LogP) is 3.11. The van der Waals surface area contributed by atoms with Crippen LogP contribution >= 0.6 is 0 Å². The predicted molar refractivity (Wildman–Crippen MR) is 105 cm³/mol. The van der Waals surface area contributed by atoms with Crippen LogP contribution in [-0.4, -0.2) is 30.8 Å². The number of carbonyl (C=O) groups excluding carboxylic acids is 1. The third kappa shape index (κ3) is 3.64. The normalized spacial score (nSPS) is 17.9. The van der Waals surface area contributed by atoms with Gasteiger partial charge in [-0.15, -0.1) is 0 Å². The standard InChI is InChI=1S/C22H25N3O3/c26-22-24-7-8-25(22)13-16-3-1-15(2-4-16)11-23-12-17-9-19(18-5-6-18)21-20(10-17)27-14-28-21/h1-4,9-10,18,23H,5-8,11-14H2,(H,24,26). The molecule has 6 nitrogen and oxygen atoms in total. The summed E-state index contributed by atoms with van der Waals surface area (Å²) in [5.41, 5.74) is 4.94. The molecule has 1 aliphatic carbocycles. The summed E-state index contributed by atoms with van der Waals surface area (Å²) in [5.74, 6) is 2.48. The summed E-state index contributed by atoms with van der Waals surface area (Å²) in [4.78, 5) is 13.5. The number of benzene rings is 2. The van der Waals surface area contributed by atoms with Gasteiger partial charge >= 0.3 is 6.03 Å². The number of hydrogen-bond acceptors (Lipinski definition) is 4. The average Bonchev–Trinajstić information content (AvgIpc) is 3.31. The van der Waals surface area contributed by atoms with Gasteiger partial charge in [0.1, 0.15) is 0 Å². The van der Waals surface area contributed by atoms with Crippen molar-refractivity contribution in [2.45, 2.75) is 38.4 Å². The van der Waals surface area contributed by atoms with Crippen LogP contribution in [0.25, 0.3) is 0 Å². The fraction of sp³-hybridized carbons (Fsp3) is 0.409. The lowest BCUT2D eigenvalue weighted by Gasteiger charge is -2.14. The van der Waals surface area contributed by atoms with Crippen molar-refractivity contribution < 1.29 is 14.3 Å². The van der Waals surface area contributed by atoms with Crippen molar-refractivity contribution in [3.8, 4) is 11.5 Å². The molecule has 0 bridgehead atoms. The molecule has 2 aliphatic heterocycles. The maximum absolute atomic E-state index is 11.7. The summed E-state index contributed by atoms with van der Waals surface area (Å²) in [7, 11) is 0. The van der Waals surface area contributed by atoms with E-state index in [2.05, 4.69) is 47.0 Å². The minimum atomic E-state index is 0.0278. The molecule has 0 aromatic heterocycles. The van der Waals surface area contributed by atoms with E-state index in [1.54, 1.807) is 0 Å². The molecule has 2 aromatic rings. The van der Waals surface area contributed by atoms with Crippen LogP contribution in [0.1, 0.15) is 41.0 Å². The van der Waals surface area contributed by atoms with E-state index in [1.165, 1.54) is 29.5 Å². The molecule has 2 aromatic carbocycles. The van der Waals surface area contributed by atoms with Crippen LogP contribution in [0, 0.1) is 0 Å². The molecule has 146 valence electrons. The number of nitrogens with one attached hydrogen (secondary N) is 2. The lowest BCUT2D eigenvalue weighted by atomic mass is 10.0. The molecule has 2 heterocycles. The zero-order valence-corrected chi connectivity index (χ0v) is 15.9.